The first-order chi connectivity index (χ1) is 8.11. The van der Waals surface area contributed by atoms with Crippen molar-refractivity contribution in [2.24, 2.45) is 5.84 Å². The summed E-state index contributed by atoms with van der Waals surface area (Å²) in [5, 5.41) is 2.83. The Morgan fingerprint density at radius 2 is 1.94 bits per heavy atom. The number of nitrogens with one attached hydrogen (secondary N) is 1. The molecule has 0 heterocycles. The van der Waals surface area contributed by atoms with E-state index < -0.39 is 0 Å². The van der Waals surface area contributed by atoms with Gasteiger partial charge in [-0.25, -0.2) is 5.84 Å². The van der Waals surface area contributed by atoms with Gasteiger partial charge in [-0.3, -0.25) is 10.2 Å². The molecule has 0 aliphatic rings. The molecule has 0 aromatic heterocycles. The van der Waals surface area contributed by atoms with Crippen LogP contribution in [0.1, 0.15) is 5.56 Å². The Labute approximate surface area is 108 Å². The summed E-state index contributed by atoms with van der Waals surface area (Å²) in [5.41, 5.74) is 2.97. The lowest BCUT2D eigenvalue weighted by molar-refractivity contribution is -0.120. The number of amides is 1. The Balaban J connectivity index is 2.56. The molecular formula is C12H10Cl2N2O. The lowest BCUT2D eigenvalue weighted by atomic mass is 10.0. The van der Waals surface area contributed by atoms with E-state index in [2.05, 4.69) is 5.43 Å². The van der Waals surface area contributed by atoms with E-state index in [0.29, 0.717) is 10.0 Å². The highest BCUT2D eigenvalue weighted by atomic mass is 35.5. The van der Waals surface area contributed by atoms with Crippen LogP contribution in [0, 0.1) is 0 Å². The summed E-state index contributed by atoms with van der Waals surface area (Å²) in [6.45, 7) is 0. The number of hydrogen-bond acceptors (Lipinski definition) is 2. The maximum Gasteiger partial charge on any atom is 0.238 e. The Kier molecular flexibility index (Phi) is 3.52. The van der Waals surface area contributed by atoms with Crippen LogP contribution >= 0.6 is 23.2 Å². The third-order valence-electron chi connectivity index (χ3n) is 2.52. The van der Waals surface area contributed by atoms with Crippen LogP contribution in [0.2, 0.25) is 10.0 Å². The Morgan fingerprint density at radius 3 is 2.65 bits per heavy atom. The molecule has 0 bridgehead atoms. The molecule has 3 N–H and O–H groups in total. The van der Waals surface area contributed by atoms with Gasteiger partial charge in [-0.05, 0) is 28.5 Å². The number of hydrogen-bond donors (Lipinski definition) is 2. The van der Waals surface area contributed by atoms with Gasteiger partial charge in [0.2, 0.25) is 5.91 Å². The molecule has 5 heteroatoms. The summed E-state index contributed by atoms with van der Waals surface area (Å²) in [7, 11) is 0. The molecule has 17 heavy (non-hydrogen) atoms. The minimum absolute atomic E-state index is 0.214. The van der Waals surface area contributed by atoms with Crippen molar-refractivity contribution in [3.8, 4) is 0 Å². The predicted octanol–water partition coefficient (Wildman–Crippen LogP) is 2.68. The Morgan fingerprint density at radius 1 is 1.24 bits per heavy atom. The number of hydrazine groups is 1. The van der Waals surface area contributed by atoms with Crippen molar-refractivity contribution in [1.29, 1.82) is 0 Å². The topological polar surface area (TPSA) is 55.1 Å². The van der Waals surface area contributed by atoms with E-state index in [-0.39, 0.29) is 12.3 Å². The average Bonchev–Trinajstić information content (AvgIpc) is 2.31. The van der Waals surface area contributed by atoms with Gasteiger partial charge < -0.3 is 0 Å². The minimum Gasteiger partial charge on any atom is -0.294 e. The first-order valence-electron chi connectivity index (χ1n) is 4.98. The summed E-state index contributed by atoms with van der Waals surface area (Å²) in [5.74, 6) is 4.82. The number of halogens is 2. The Hall–Kier alpha value is -1.29. The summed E-state index contributed by atoms with van der Waals surface area (Å²) in [6.07, 6.45) is 0.214. The van der Waals surface area contributed by atoms with E-state index in [1.807, 2.05) is 18.2 Å². The molecule has 0 saturated heterocycles. The van der Waals surface area contributed by atoms with E-state index in [1.165, 1.54) is 0 Å². The molecule has 0 radical (unpaired) electrons. The Bertz CT molecular complexity index is 584. The molecule has 3 nitrogen and oxygen atoms in total. The van der Waals surface area contributed by atoms with E-state index in [4.69, 9.17) is 29.0 Å². The standard InChI is InChI=1S/C12H10Cl2N2O/c13-10-4-7-2-1-3-8(5-12(17)16-15)9(7)6-11(10)14/h1-4,6H,5,15H2,(H,16,17). The molecule has 0 spiro atoms. The number of carbonyl (C=O) groups excluding carboxylic acids is 1. The number of carbonyl (C=O) groups is 1. The quantitative estimate of drug-likeness (QED) is 0.500. The molecule has 88 valence electrons. The van der Waals surface area contributed by atoms with Crippen molar-refractivity contribution in [2.45, 2.75) is 6.42 Å². The van der Waals surface area contributed by atoms with Gasteiger partial charge in [-0.2, -0.15) is 0 Å². The highest BCUT2D eigenvalue weighted by Crippen LogP contribution is 2.29. The third kappa shape index (κ3) is 2.52. The largest absolute Gasteiger partial charge is 0.294 e. The predicted molar refractivity (Wildman–Crippen MR) is 70.0 cm³/mol. The summed E-state index contributed by atoms with van der Waals surface area (Å²) >= 11 is 11.9. The van der Waals surface area contributed by atoms with Gasteiger partial charge in [0.25, 0.3) is 0 Å². The summed E-state index contributed by atoms with van der Waals surface area (Å²) < 4.78 is 0. The van der Waals surface area contributed by atoms with Crippen molar-refractivity contribution >= 4 is 39.9 Å². The fraction of sp³-hybridized carbons (Fsp3) is 0.0833. The molecule has 2 aromatic rings. The van der Waals surface area contributed by atoms with Crippen molar-refractivity contribution in [3.05, 3.63) is 45.9 Å². The molecule has 1 amide bonds. The van der Waals surface area contributed by atoms with Crippen LogP contribution in [0.15, 0.2) is 30.3 Å². The maximum atomic E-state index is 11.3. The molecule has 0 aliphatic carbocycles. The van der Waals surface area contributed by atoms with Crippen LogP contribution < -0.4 is 11.3 Å². The molecule has 0 atom stereocenters. The number of benzene rings is 2. The van der Waals surface area contributed by atoms with Gasteiger partial charge >= 0.3 is 0 Å². The van der Waals surface area contributed by atoms with Crippen LogP contribution in [0.5, 0.6) is 0 Å². The van der Waals surface area contributed by atoms with E-state index in [1.54, 1.807) is 12.1 Å². The molecule has 0 fully saturated rings. The second-order valence-corrected chi connectivity index (χ2v) is 4.46. The number of fused-ring (bicyclic) bond motifs is 1. The molecular weight excluding hydrogens is 259 g/mol. The SMILES string of the molecule is NNC(=O)Cc1cccc2cc(Cl)c(Cl)cc12. The van der Waals surface area contributed by atoms with Gasteiger partial charge in [-0.15, -0.1) is 0 Å². The van der Waals surface area contributed by atoms with Gasteiger partial charge in [0, 0.05) is 0 Å². The van der Waals surface area contributed by atoms with Crippen LogP contribution in [-0.4, -0.2) is 5.91 Å². The van der Waals surface area contributed by atoms with Gasteiger partial charge in [0.05, 0.1) is 16.5 Å². The molecule has 2 rings (SSSR count). The second-order valence-electron chi connectivity index (χ2n) is 3.65. The van der Waals surface area contributed by atoms with Gasteiger partial charge in [0.1, 0.15) is 0 Å². The third-order valence-corrected chi connectivity index (χ3v) is 3.25. The zero-order valence-corrected chi connectivity index (χ0v) is 10.3. The van der Waals surface area contributed by atoms with Crippen molar-refractivity contribution in [1.82, 2.24) is 5.43 Å². The van der Waals surface area contributed by atoms with E-state index in [9.17, 15) is 4.79 Å². The van der Waals surface area contributed by atoms with E-state index >= 15 is 0 Å². The van der Waals surface area contributed by atoms with Crippen LogP contribution in [0.25, 0.3) is 10.8 Å². The maximum absolute atomic E-state index is 11.3. The first kappa shape index (κ1) is 12.2. The van der Waals surface area contributed by atoms with Crippen LogP contribution in [0.3, 0.4) is 0 Å². The van der Waals surface area contributed by atoms with E-state index in [0.717, 1.165) is 16.3 Å². The lowest BCUT2D eigenvalue weighted by Gasteiger charge is -2.07. The summed E-state index contributed by atoms with van der Waals surface area (Å²) in [4.78, 5) is 11.3. The lowest BCUT2D eigenvalue weighted by Crippen LogP contribution is -2.31. The molecule has 0 unspecified atom stereocenters. The normalized spacial score (nSPS) is 10.5. The second kappa shape index (κ2) is 4.92. The first-order valence-corrected chi connectivity index (χ1v) is 5.73. The van der Waals surface area contributed by atoms with Crippen LogP contribution in [0.4, 0.5) is 0 Å². The zero-order chi connectivity index (χ0) is 12.4. The summed E-state index contributed by atoms with van der Waals surface area (Å²) in [6, 6.07) is 9.19. The minimum atomic E-state index is -0.247. The fourth-order valence-corrected chi connectivity index (χ4v) is 2.05. The monoisotopic (exact) mass is 268 g/mol. The van der Waals surface area contributed by atoms with Gasteiger partial charge in [0.15, 0.2) is 0 Å². The fourth-order valence-electron chi connectivity index (χ4n) is 1.71. The number of rotatable bonds is 2. The van der Waals surface area contributed by atoms with Crippen molar-refractivity contribution in [3.63, 3.8) is 0 Å². The van der Waals surface area contributed by atoms with Crippen molar-refractivity contribution < 1.29 is 4.79 Å². The highest BCUT2D eigenvalue weighted by molar-refractivity contribution is 6.42. The molecule has 0 saturated carbocycles. The average molecular weight is 269 g/mol. The van der Waals surface area contributed by atoms with Crippen LogP contribution in [-0.2, 0) is 11.2 Å². The molecule has 0 aliphatic heterocycles. The smallest absolute Gasteiger partial charge is 0.238 e. The zero-order valence-electron chi connectivity index (χ0n) is 8.84. The van der Waals surface area contributed by atoms with Gasteiger partial charge in [-0.1, -0.05) is 41.4 Å². The highest BCUT2D eigenvalue weighted by Gasteiger charge is 2.08. The van der Waals surface area contributed by atoms with Crippen molar-refractivity contribution in [2.75, 3.05) is 0 Å². The molecule has 2 aromatic carbocycles. The number of nitrogens with two attached hydrogens (primary N) is 1.